The fourth-order valence-electron chi connectivity index (χ4n) is 9.39. The van der Waals surface area contributed by atoms with Gasteiger partial charge >= 0.3 is 42.7 Å². The molecule has 6 aromatic rings. The number of H-pyrrole nitrogens is 2. The number of aliphatic hydroxyl groups excluding tert-OH is 1. The Labute approximate surface area is 461 Å². The molecular weight excluding hydrogens is 1200 g/mol. The van der Waals surface area contributed by atoms with Gasteiger partial charge in [-0.15, -0.1) is 0 Å². The molecule has 10 rings (SSSR count). The molecule has 4 fully saturated rings. The molecule has 40 nitrogen and oxygen atoms in total. The molecule has 6 aromatic heterocycles. The third kappa shape index (κ3) is 13.8. The number of phosphoric acid groups is 4. The van der Waals surface area contributed by atoms with E-state index < -0.39 is 167 Å². The van der Waals surface area contributed by atoms with Crippen molar-refractivity contribution in [2.75, 3.05) is 43.6 Å². The zero-order valence-electron chi connectivity index (χ0n) is 42.5. The minimum Gasteiger partial charge on any atom is -0.390 e. The fraction of sp³-hybridized carbons (Fsp3) is 0.538. The third-order valence-electron chi connectivity index (χ3n) is 13.2. The molecule has 0 bridgehead atoms. The number of imidazole rings is 2. The maximum absolute atomic E-state index is 14.0. The lowest BCUT2D eigenvalue weighted by Crippen LogP contribution is -2.33. The summed E-state index contributed by atoms with van der Waals surface area (Å²) in [4.78, 5) is 131. The van der Waals surface area contributed by atoms with E-state index in [0.29, 0.717) is 0 Å². The number of nitrogens with two attached hydrogens (primary N) is 3. The summed E-state index contributed by atoms with van der Waals surface area (Å²) in [6, 6.07) is 1.32. The number of nitrogen functional groups attached to an aromatic ring is 3. The number of hydrogen-bond acceptors (Lipinski definition) is 29. The van der Waals surface area contributed by atoms with Crippen LogP contribution >= 0.6 is 31.3 Å². The number of rotatable bonds is 22. The Morgan fingerprint density at radius 2 is 1.10 bits per heavy atom. The highest BCUT2D eigenvalue weighted by atomic mass is 31.2. The third-order valence-corrected chi connectivity index (χ3v) is 16.8. The number of nitrogens with zero attached hydrogens (tertiary/aromatic N) is 10. The van der Waals surface area contributed by atoms with Crippen molar-refractivity contribution in [2.24, 2.45) is 0 Å². The van der Waals surface area contributed by atoms with E-state index >= 15 is 0 Å². The first-order chi connectivity index (χ1) is 39.1. The number of hydrogen-bond donors (Lipinski definition) is 11. The van der Waals surface area contributed by atoms with Crippen LogP contribution in [-0.2, 0) is 68.9 Å². The number of aryl methyl sites for hydroxylation is 1. The van der Waals surface area contributed by atoms with E-state index in [-0.39, 0.29) is 58.3 Å². The van der Waals surface area contributed by atoms with Crippen LogP contribution < -0.4 is 39.7 Å². The van der Waals surface area contributed by atoms with Crippen molar-refractivity contribution in [3.63, 3.8) is 0 Å². The van der Waals surface area contributed by atoms with Crippen LogP contribution in [0.5, 0.6) is 0 Å². The topological polar surface area (TPSA) is 566 Å². The molecule has 83 heavy (non-hydrogen) atoms. The van der Waals surface area contributed by atoms with Crippen LogP contribution in [0.15, 0.2) is 56.6 Å². The van der Waals surface area contributed by atoms with E-state index in [0.717, 1.165) is 28.0 Å². The summed E-state index contributed by atoms with van der Waals surface area (Å²) in [7, 11) is -21.2. The van der Waals surface area contributed by atoms with Crippen molar-refractivity contribution in [1.29, 1.82) is 0 Å². The van der Waals surface area contributed by atoms with Gasteiger partial charge in [-0.1, -0.05) is 0 Å². The van der Waals surface area contributed by atoms with Crippen LogP contribution in [0, 0.1) is 6.92 Å². The van der Waals surface area contributed by atoms with Crippen LogP contribution in [0.2, 0.25) is 0 Å². The lowest BCUT2D eigenvalue weighted by Gasteiger charge is -2.25. The van der Waals surface area contributed by atoms with E-state index in [9.17, 15) is 67.0 Å². The van der Waals surface area contributed by atoms with Gasteiger partial charge in [-0.2, -0.15) is 9.97 Å². The molecule has 0 aliphatic carbocycles. The van der Waals surface area contributed by atoms with E-state index in [1.54, 1.807) is 0 Å². The second kappa shape index (κ2) is 23.5. The Morgan fingerprint density at radius 3 is 1.65 bits per heavy atom. The predicted octanol–water partition coefficient (Wildman–Crippen LogP) is -2.05. The molecule has 10 heterocycles. The summed E-state index contributed by atoms with van der Waals surface area (Å²) in [6.45, 7) is -2.32. The van der Waals surface area contributed by atoms with Crippen molar-refractivity contribution in [3.05, 3.63) is 84.7 Å². The van der Waals surface area contributed by atoms with Gasteiger partial charge in [0.25, 0.3) is 11.1 Å². The Kier molecular flexibility index (Phi) is 17.1. The molecule has 0 spiro atoms. The van der Waals surface area contributed by atoms with Crippen LogP contribution in [0.25, 0.3) is 22.3 Å². The average Bonchev–Trinajstić information content (AvgIpc) is 4.31. The molecule has 4 aliphatic heterocycles. The number of anilines is 3. The van der Waals surface area contributed by atoms with Gasteiger partial charge in [0, 0.05) is 43.6 Å². The summed E-state index contributed by atoms with van der Waals surface area (Å²) in [5.74, 6) is -0.390. The highest BCUT2D eigenvalue weighted by molar-refractivity contribution is 7.48. The van der Waals surface area contributed by atoms with Crippen LogP contribution in [0.1, 0.15) is 56.2 Å². The molecule has 0 saturated carbocycles. The maximum Gasteiger partial charge on any atom is 0.472 e. The van der Waals surface area contributed by atoms with Gasteiger partial charge in [-0.05, 0) is 13.0 Å². The largest absolute Gasteiger partial charge is 0.472 e. The Balaban J connectivity index is 0.841. The zero-order chi connectivity index (χ0) is 59.5. The van der Waals surface area contributed by atoms with Crippen molar-refractivity contribution in [3.8, 4) is 0 Å². The van der Waals surface area contributed by atoms with Crippen LogP contribution in [0.3, 0.4) is 0 Å². The number of aliphatic hydroxyl groups is 1. The summed E-state index contributed by atoms with van der Waals surface area (Å²) in [6.07, 6.45) is -12.5. The predicted molar refractivity (Wildman–Crippen MR) is 271 cm³/mol. The van der Waals surface area contributed by atoms with Gasteiger partial charge in [0.2, 0.25) is 5.95 Å². The normalized spacial score (nSPS) is 28.9. The molecule has 3 unspecified atom stereocenters. The second-order valence-electron chi connectivity index (χ2n) is 18.9. The highest BCUT2D eigenvalue weighted by Gasteiger charge is 2.49. The smallest absolute Gasteiger partial charge is 0.390 e. The number of nitrogens with one attached hydrogen (secondary N) is 2. The molecular formula is C39H51N15O25P4. The first kappa shape index (κ1) is 60.2. The van der Waals surface area contributed by atoms with Gasteiger partial charge in [0.15, 0.2) is 22.6 Å². The van der Waals surface area contributed by atoms with E-state index in [1.165, 1.54) is 34.6 Å². The molecule has 0 aromatic carbocycles. The Bertz CT molecular complexity index is 3850. The quantitative estimate of drug-likeness (QED) is 0.0326. The molecule has 452 valence electrons. The number of aromatic nitrogens is 12. The van der Waals surface area contributed by atoms with Gasteiger partial charge in [-0.25, -0.2) is 47.8 Å². The fourth-order valence-corrected chi connectivity index (χ4v) is 12.6. The number of fused-ring (bicyclic) bond motifs is 2. The molecule has 44 heteroatoms. The standard InChI is InChI=1S/C39H51N15O25P4/c1-16-8-52(39(59)50-35(16)56)27-5-18(23(74-27)11-71-83(67,68)78-19-7-29(75-22(19)10-69-80(60,61)62)54-15-46-31-34(54)48-37(42)49-36(31)57)77-82(65,66)72-12-24-20(6-28(76-24)53-14-45-30-32(41)43-13-44-33(30)53)79-81(63,64)70-9-21-17(55)4-26(73-21)51-3-2-25(40)47-38(51)58/h2-3,8,13-15,17-24,26-29,55H,4-7,9-12H2,1H3,(H,63,64)(H,65,66)(H,67,68)(H2,40,47,58)(H2,41,43,44)(H,50,56,59)(H2,60,61,62)(H3,42,48,49,57)/t17-,18-,19-,20-,21+,22+,23+,24+,26+,27+,28+,29+/m0/s1. The van der Waals surface area contributed by atoms with Crippen molar-refractivity contribution in [2.45, 2.75) is 106 Å². The van der Waals surface area contributed by atoms with Crippen molar-refractivity contribution < 1.29 is 98.4 Å². The summed E-state index contributed by atoms with van der Waals surface area (Å²) in [5.41, 5.74) is 14.0. The molecule has 15 atom stereocenters. The minimum atomic E-state index is -5.44. The van der Waals surface area contributed by atoms with E-state index in [2.05, 4.69) is 44.4 Å². The number of phosphoric ester groups is 4. The first-order valence-electron chi connectivity index (χ1n) is 24.4. The molecule has 0 radical (unpaired) electrons. The lowest BCUT2D eigenvalue weighted by atomic mass is 10.2. The zero-order valence-corrected chi connectivity index (χ0v) is 46.1. The van der Waals surface area contributed by atoms with Gasteiger partial charge in [0.1, 0.15) is 85.3 Å². The lowest BCUT2D eigenvalue weighted by molar-refractivity contribution is -0.0629. The molecule has 14 N–H and O–H groups in total. The Morgan fingerprint density at radius 1 is 0.602 bits per heavy atom. The van der Waals surface area contributed by atoms with Crippen molar-refractivity contribution in [1.82, 2.24) is 58.1 Å². The first-order valence-corrected chi connectivity index (χ1v) is 30.4. The van der Waals surface area contributed by atoms with E-state index in [1.807, 2.05) is 0 Å². The second-order valence-corrected chi connectivity index (χ2v) is 24.4. The summed E-state index contributed by atoms with van der Waals surface area (Å²) >= 11 is 0. The molecule has 4 saturated heterocycles. The van der Waals surface area contributed by atoms with Crippen molar-refractivity contribution >= 4 is 71.2 Å². The van der Waals surface area contributed by atoms with Gasteiger partial charge < -0.3 is 65.7 Å². The monoisotopic (exact) mass is 1250 g/mol. The SMILES string of the molecule is Cc1cn([C@H]2C[C@H](OP(=O)(O)OC[C@H]3O[C@@H](n4cnc5c(N)ncnc54)C[C@@H]3OP(=O)(O)OC[C@H]3O[C@@H](n4ccc(N)nc4=O)C[C@@H]3O)[C@@H](COP(=O)(O)O[C@H]3C[C@H](n4cnc5c(=O)[nH]c(N)nc54)O[C@@H]3COP(=O)(O)O)O2)c(=O)[nH]c1=O. The van der Waals surface area contributed by atoms with Crippen LogP contribution in [-0.4, -0.2) is 163 Å². The number of ether oxygens (including phenoxy) is 4. The minimum absolute atomic E-state index is 0.0131. The van der Waals surface area contributed by atoms with Crippen LogP contribution in [0.4, 0.5) is 17.6 Å². The van der Waals surface area contributed by atoms with Gasteiger partial charge in [-0.3, -0.25) is 69.5 Å². The molecule has 0 amide bonds. The Hall–Kier alpha value is -5.90. The number of aromatic amines is 2. The maximum atomic E-state index is 14.0. The average molecular weight is 1250 g/mol. The summed E-state index contributed by atoms with van der Waals surface area (Å²) < 4.78 is 118. The summed E-state index contributed by atoms with van der Waals surface area (Å²) in [5, 5.41) is 10.7. The van der Waals surface area contributed by atoms with Gasteiger partial charge in [0.05, 0.1) is 45.2 Å². The molecule has 4 aliphatic rings. The van der Waals surface area contributed by atoms with E-state index in [4.69, 9.17) is 63.3 Å². The highest BCUT2D eigenvalue weighted by Crippen LogP contribution is 2.54.